The summed E-state index contributed by atoms with van der Waals surface area (Å²) in [4.78, 5) is 0. The van der Waals surface area contributed by atoms with Crippen molar-refractivity contribution in [1.29, 1.82) is 0 Å². The lowest BCUT2D eigenvalue weighted by Crippen LogP contribution is -2.49. The van der Waals surface area contributed by atoms with E-state index in [1.807, 2.05) is 0 Å². The van der Waals surface area contributed by atoms with Crippen LogP contribution in [0.25, 0.3) is 0 Å². The van der Waals surface area contributed by atoms with Gasteiger partial charge in [0.25, 0.3) is 0 Å². The molecule has 3 N–H and O–H groups in total. The van der Waals surface area contributed by atoms with E-state index in [1.54, 1.807) is 5.01 Å². The quantitative estimate of drug-likeness (QED) is 0.648. The summed E-state index contributed by atoms with van der Waals surface area (Å²) in [6.07, 6.45) is 4.08. The highest BCUT2D eigenvalue weighted by atomic mass is 35.5. The number of hydrazine groups is 1. The molecular formula is C8H19ClN2O. The molecule has 0 aromatic rings. The van der Waals surface area contributed by atoms with E-state index in [0.29, 0.717) is 5.92 Å². The Morgan fingerprint density at radius 3 is 2.83 bits per heavy atom. The van der Waals surface area contributed by atoms with Crippen LogP contribution in [0.5, 0.6) is 0 Å². The molecule has 1 aliphatic rings. The van der Waals surface area contributed by atoms with Gasteiger partial charge in [0.2, 0.25) is 0 Å². The number of hydrogen-bond donors (Lipinski definition) is 2. The van der Waals surface area contributed by atoms with Crippen molar-refractivity contribution in [2.75, 3.05) is 6.54 Å². The SMILES string of the molecule is CCCC1CCCN(N)C1O.Cl. The standard InChI is InChI=1S/C8H18N2O.ClH/c1-2-4-7-5-3-6-10(9)8(7)11;/h7-8,11H,2-6,9H2,1H3;1H. The first-order chi connectivity index (χ1) is 5.25. The van der Waals surface area contributed by atoms with E-state index in [0.717, 1.165) is 32.2 Å². The highest BCUT2D eigenvalue weighted by molar-refractivity contribution is 5.85. The first kappa shape index (κ1) is 12.2. The predicted molar refractivity (Wildman–Crippen MR) is 51.8 cm³/mol. The van der Waals surface area contributed by atoms with E-state index in [-0.39, 0.29) is 12.4 Å². The van der Waals surface area contributed by atoms with Gasteiger partial charge in [-0.2, -0.15) is 0 Å². The van der Waals surface area contributed by atoms with Crippen LogP contribution in [0, 0.1) is 5.92 Å². The fourth-order valence-corrected chi connectivity index (χ4v) is 1.75. The maximum atomic E-state index is 9.57. The largest absolute Gasteiger partial charge is 0.377 e. The Morgan fingerprint density at radius 2 is 2.25 bits per heavy atom. The van der Waals surface area contributed by atoms with Crippen molar-refractivity contribution < 1.29 is 5.11 Å². The number of nitrogens with zero attached hydrogens (tertiary/aromatic N) is 1. The highest BCUT2D eigenvalue weighted by Gasteiger charge is 2.26. The van der Waals surface area contributed by atoms with Crippen molar-refractivity contribution in [1.82, 2.24) is 5.01 Å². The fourth-order valence-electron chi connectivity index (χ4n) is 1.75. The normalized spacial score (nSPS) is 31.2. The molecule has 4 heteroatoms. The van der Waals surface area contributed by atoms with E-state index >= 15 is 0 Å². The van der Waals surface area contributed by atoms with E-state index in [2.05, 4.69) is 6.92 Å². The minimum atomic E-state index is -0.399. The Bertz CT molecular complexity index is 122. The number of hydrogen-bond acceptors (Lipinski definition) is 3. The molecule has 2 atom stereocenters. The summed E-state index contributed by atoms with van der Waals surface area (Å²) < 4.78 is 0. The van der Waals surface area contributed by atoms with Gasteiger partial charge in [0.1, 0.15) is 6.23 Å². The van der Waals surface area contributed by atoms with Gasteiger partial charge in [-0.15, -0.1) is 12.4 Å². The molecule has 0 bridgehead atoms. The molecule has 0 aliphatic carbocycles. The molecule has 1 heterocycles. The van der Waals surface area contributed by atoms with Crippen molar-refractivity contribution in [3.05, 3.63) is 0 Å². The van der Waals surface area contributed by atoms with E-state index < -0.39 is 6.23 Å². The van der Waals surface area contributed by atoms with E-state index in [1.165, 1.54) is 0 Å². The van der Waals surface area contributed by atoms with Crippen LogP contribution in [0.1, 0.15) is 32.6 Å². The second kappa shape index (κ2) is 5.75. The van der Waals surface area contributed by atoms with Gasteiger partial charge in [0, 0.05) is 6.54 Å². The molecule has 0 saturated carbocycles. The fraction of sp³-hybridized carbons (Fsp3) is 1.00. The molecule has 1 saturated heterocycles. The van der Waals surface area contributed by atoms with Crippen molar-refractivity contribution in [3.8, 4) is 0 Å². The Labute approximate surface area is 80.3 Å². The molecule has 1 fully saturated rings. The van der Waals surface area contributed by atoms with Crippen molar-refractivity contribution in [2.45, 2.75) is 38.8 Å². The number of piperidine rings is 1. The second-order valence-electron chi connectivity index (χ2n) is 3.34. The third-order valence-corrected chi connectivity index (χ3v) is 2.41. The maximum Gasteiger partial charge on any atom is 0.122 e. The Morgan fingerprint density at radius 1 is 1.58 bits per heavy atom. The smallest absolute Gasteiger partial charge is 0.122 e. The summed E-state index contributed by atoms with van der Waals surface area (Å²) in [6.45, 7) is 2.98. The molecule has 2 unspecified atom stereocenters. The summed E-state index contributed by atoms with van der Waals surface area (Å²) in [5.41, 5.74) is 0. The zero-order valence-corrected chi connectivity index (χ0v) is 8.39. The third kappa shape index (κ3) is 2.90. The average molecular weight is 195 g/mol. The van der Waals surface area contributed by atoms with Crippen LogP contribution in [0.2, 0.25) is 0 Å². The lowest BCUT2D eigenvalue weighted by atomic mass is 9.93. The van der Waals surface area contributed by atoms with Gasteiger partial charge in [0.15, 0.2) is 0 Å². The Hall–Kier alpha value is 0.170. The number of aliphatic hydroxyl groups excluding tert-OH is 1. The Kier molecular flexibility index (Phi) is 5.84. The number of halogens is 1. The lowest BCUT2D eigenvalue weighted by Gasteiger charge is -2.34. The van der Waals surface area contributed by atoms with Crippen LogP contribution < -0.4 is 5.84 Å². The summed E-state index contributed by atoms with van der Waals surface area (Å²) >= 11 is 0. The van der Waals surface area contributed by atoms with Gasteiger partial charge < -0.3 is 5.11 Å². The zero-order valence-electron chi connectivity index (χ0n) is 7.57. The van der Waals surface area contributed by atoms with Gasteiger partial charge >= 0.3 is 0 Å². The number of nitrogens with two attached hydrogens (primary N) is 1. The van der Waals surface area contributed by atoms with Gasteiger partial charge in [0.05, 0.1) is 0 Å². The number of aliphatic hydroxyl groups is 1. The van der Waals surface area contributed by atoms with Crippen LogP contribution in [-0.2, 0) is 0 Å². The highest BCUT2D eigenvalue weighted by Crippen LogP contribution is 2.23. The van der Waals surface area contributed by atoms with Crippen molar-refractivity contribution >= 4 is 12.4 Å². The maximum absolute atomic E-state index is 9.57. The minimum Gasteiger partial charge on any atom is -0.377 e. The van der Waals surface area contributed by atoms with Crippen LogP contribution in [-0.4, -0.2) is 22.9 Å². The summed E-state index contributed by atoms with van der Waals surface area (Å²) in [5.74, 6) is 5.98. The van der Waals surface area contributed by atoms with Crippen LogP contribution >= 0.6 is 12.4 Å². The van der Waals surface area contributed by atoms with Crippen LogP contribution in [0.3, 0.4) is 0 Å². The molecule has 0 radical (unpaired) electrons. The van der Waals surface area contributed by atoms with Crippen LogP contribution in [0.4, 0.5) is 0 Å². The molecule has 0 aromatic carbocycles. The second-order valence-corrected chi connectivity index (χ2v) is 3.34. The third-order valence-electron chi connectivity index (χ3n) is 2.41. The molecule has 1 aliphatic heterocycles. The molecule has 3 nitrogen and oxygen atoms in total. The molecule has 12 heavy (non-hydrogen) atoms. The van der Waals surface area contributed by atoms with Crippen molar-refractivity contribution in [2.24, 2.45) is 11.8 Å². The van der Waals surface area contributed by atoms with Crippen molar-refractivity contribution in [3.63, 3.8) is 0 Å². The topological polar surface area (TPSA) is 49.5 Å². The van der Waals surface area contributed by atoms with Gasteiger partial charge in [-0.1, -0.05) is 13.3 Å². The first-order valence-electron chi connectivity index (χ1n) is 4.45. The number of rotatable bonds is 2. The van der Waals surface area contributed by atoms with Gasteiger partial charge in [-0.25, -0.2) is 5.01 Å². The molecular weight excluding hydrogens is 176 g/mol. The van der Waals surface area contributed by atoms with Gasteiger partial charge in [-0.3, -0.25) is 5.84 Å². The zero-order chi connectivity index (χ0) is 8.27. The molecule has 0 spiro atoms. The van der Waals surface area contributed by atoms with Crippen LogP contribution in [0.15, 0.2) is 0 Å². The predicted octanol–water partition coefficient (Wildman–Crippen LogP) is 1.11. The molecule has 0 aromatic heterocycles. The lowest BCUT2D eigenvalue weighted by molar-refractivity contribution is -0.0694. The monoisotopic (exact) mass is 194 g/mol. The molecule has 1 rings (SSSR count). The Balaban J connectivity index is 0.00000121. The molecule has 74 valence electrons. The van der Waals surface area contributed by atoms with E-state index in [9.17, 15) is 5.11 Å². The minimum absolute atomic E-state index is 0. The molecule has 0 amide bonds. The van der Waals surface area contributed by atoms with E-state index in [4.69, 9.17) is 5.84 Å². The summed E-state index contributed by atoms with van der Waals surface area (Å²) in [6, 6.07) is 0. The average Bonchev–Trinajstić information content (AvgIpc) is 1.99. The summed E-state index contributed by atoms with van der Waals surface area (Å²) in [5, 5.41) is 11.1. The first-order valence-corrected chi connectivity index (χ1v) is 4.45. The van der Waals surface area contributed by atoms with Gasteiger partial charge in [-0.05, 0) is 25.2 Å². The summed E-state index contributed by atoms with van der Waals surface area (Å²) in [7, 11) is 0.